The van der Waals surface area contributed by atoms with Crippen LogP contribution >= 0.6 is 25.3 Å². The van der Waals surface area contributed by atoms with E-state index in [4.69, 9.17) is 0 Å². The number of carboxylic acid groups (broad SMARTS) is 3. The molecule has 0 aromatic carbocycles. The van der Waals surface area contributed by atoms with E-state index < -0.39 is 86.5 Å². The molecule has 0 saturated carbocycles. The number of hydrogen-bond acceptors (Lipinski definition) is 14. The van der Waals surface area contributed by atoms with Gasteiger partial charge in [-0.2, -0.15) is 25.3 Å². The fourth-order valence-electron chi connectivity index (χ4n) is 3.37. The number of ether oxygens (including phenoxy) is 2. The van der Waals surface area contributed by atoms with Crippen LogP contribution in [-0.4, -0.2) is 168 Å². The number of amides is 2. The molecule has 0 aliphatic rings. The molecule has 0 heterocycles. The summed E-state index contributed by atoms with van der Waals surface area (Å²) < 4.78 is 9.12. The Hall–Kier alpha value is -3.13. The molecule has 5 N–H and O–H groups in total. The van der Waals surface area contributed by atoms with Gasteiger partial charge >= 0.3 is 29.8 Å². The number of nitrogens with zero attached hydrogens (tertiary/aromatic N) is 3. The van der Waals surface area contributed by atoms with Crippen LogP contribution in [0.5, 0.6) is 0 Å². The lowest BCUT2D eigenvalue weighted by Crippen LogP contribution is -2.50. The molecule has 0 aromatic rings. The van der Waals surface area contributed by atoms with Crippen molar-refractivity contribution in [3.63, 3.8) is 0 Å². The minimum absolute atomic E-state index is 0.0446. The molecule has 0 rings (SSSR count). The number of nitrogens with one attached hydrogen (secondary N) is 2. The van der Waals surface area contributed by atoms with Gasteiger partial charge in [0.2, 0.25) is 11.8 Å². The molecule has 0 spiro atoms. The number of carbonyl (C=O) groups excluding carboxylic acids is 4. The van der Waals surface area contributed by atoms with Crippen LogP contribution in [0.2, 0.25) is 0 Å². The van der Waals surface area contributed by atoms with Crippen molar-refractivity contribution in [2.24, 2.45) is 0 Å². The molecule has 17 nitrogen and oxygen atoms in total. The van der Waals surface area contributed by atoms with E-state index in [0.717, 1.165) is 14.2 Å². The Morgan fingerprint density at radius 1 is 0.585 bits per heavy atom. The Kier molecular flexibility index (Phi) is 19.1. The summed E-state index contributed by atoms with van der Waals surface area (Å²) in [5.74, 6) is -6.72. The Balaban J connectivity index is 5.37. The summed E-state index contributed by atoms with van der Waals surface area (Å²) in [6, 6.07) is -2.11. The van der Waals surface area contributed by atoms with Crippen molar-refractivity contribution in [2.45, 2.75) is 12.1 Å². The fraction of sp³-hybridized carbons (Fsp3) is 0.682. The Labute approximate surface area is 247 Å². The second-order valence-corrected chi connectivity index (χ2v) is 9.26. The molecule has 0 saturated heterocycles. The Morgan fingerprint density at radius 3 is 1.15 bits per heavy atom. The highest BCUT2D eigenvalue weighted by molar-refractivity contribution is 7.80. The lowest BCUT2D eigenvalue weighted by atomic mass is 10.3. The third kappa shape index (κ3) is 17.3. The Bertz CT molecular complexity index is 861. The van der Waals surface area contributed by atoms with Crippen LogP contribution in [-0.2, 0) is 43.0 Å². The average molecular weight is 628 g/mol. The quantitative estimate of drug-likeness (QED) is 0.0453. The zero-order valence-electron chi connectivity index (χ0n) is 22.7. The molecule has 0 radical (unpaired) electrons. The van der Waals surface area contributed by atoms with E-state index in [9.17, 15) is 48.9 Å². The largest absolute Gasteiger partial charge is 0.480 e. The van der Waals surface area contributed by atoms with Crippen molar-refractivity contribution < 1.29 is 58.4 Å². The molecule has 2 unspecified atom stereocenters. The lowest BCUT2D eigenvalue weighted by Gasteiger charge is -2.28. The second kappa shape index (κ2) is 20.7. The van der Waals surface area contributed by atoms with Crippen molar-refractivity contribution in [1.82, 2.24) is 25.3 Å². The highest BCUT2D eigenvalue weighted by Crippen LogP contribution is 1.99. The number of hydrogen-bond donors (Lipinski definition) is 7. The lowest BCUT2D eigenvalue weighted by molar-refractivity contribution is -0.145. The van der Waals surface area contributed by atoms with Gasteiger partial charge in [-0.15, -0.1) is 0 Å². The maximum atomic E-state index is 12.4. The van der Waals surface area contributed by atoms with Gasteiger partial charge in [0, 0.05) is 37.7 Å². The number of carbonyl (C=O) groups is 7. The molecule has 19 heteroatoms. The van der Waals surface area contributed by atoms with Crippen molar-refractivity contribution >= 4 is 66.9 Å². The van der Waals surface area contributed by atoms with Crippen molar-refractivity contribution in [3.05, 3.63) is 0 Å². The predicted octanol–water partition coefficient (Wildman–Crippen LogP) is -3.68. The SMILES string of the molecule is COC(=O)C(CS)NC(=O)CN(CCN(CCN(CC(=O)O)CC(=O)NC(CS)C(=O)OC)CC(=O)O)CC(=O)O. The maximum Gasteiger partial charge on any atom is 0.329 e. The van der Waals surface area contributed by atoms with Crippen molar-refractivity contribution in [1.29, 1.82) is 0 Å². The first-order chi connectivity index (χ1) is 19.3. The van der Waals surface area contributed by atoms with Gasteiger partial charge in [-0.25, -0.2) is 9.59 Å². The summed E-state index contributed by atoms with van der Waals surface area (Å²) in [7, 11) is 2.26. The topological polar surface area (TPSA) is 232 Å². The summed E-state index contributed by atoms with van der Waals surface area (Å²) in [6.07, 6.45) is 0. The molecular weight excluding hydrogens is 590 g/mol. The minimum atomic E-state index is -1.26. The van der Waals surface area contributed by atoms with E-state index in [1.807, 2.05) is 0 Å². The van der Waals surface area contributed by atoms with E-state index in [0.29, 0.717) is 0 Å². The van der Waals surface area contributed by atoms with Crippen LogP contribution in [0.25, 0.3) is 0 Å². The van der Waals surface area contributed by atoms with Gasteiger partial charge in [0.15, 0.2) is 0 Å². The molecule has 41 heavy (non-hydrogen) atoms. The third-order valence-corrected chi connectivity index (χ3v) is 6.01. The molecule has 0 aliphatic carbocycles. The summed E-state index contributed by atoms with van der Waals surface area (Å²) in [5.41, 5.74) is 0. The number of carboxylic acids is 3. The first-order valence-electron chi connectivity index (χ1n) is 12.0. The van der Waals surface area contributed by atoms with Crippen molar-refractivity contribution in [3.8, 4) is 0 Å². The molecule has 0 aliphatic heterocycles. The fourth-order valence-corrected chi connectivity index (χ4v) is 3.85. The molecule has 2 amide bonds. The second-order valence-electron chi connectivity index (χ2n) is 8.53. The Morgan fingerprint density at radius 2 is 0.878 bits per heavy atom. The van der Waals surface area contributed by atoms with Gasteiger partial charge in [-0.05, 0) is 0 Å². The average Bonchev–Trinajstić information content (AvgIpc) is 2.89. The summed E-state index contributed by atoms with van der Waals surface area (Å²) in [5, 5.41) is 32.5. The summed E-state index contributed by atoms with van der Waals surface area (Å²) >= 11 is 7.94. The third-order valence-electron chi connectivity index (χ3n) is 5.28. The molecule has 0 bridgehead atoms. The monoisotopic (exact) mass is 627 g/mol. The number of thiol groups is 2. The minimum Gasteiger partial charge on any atom is -0.480 e. The maximum absolute atomic E-state index is 12.4. The standard InChI is InChI=1S/C22H37N5O12S2/c1-38-21(36)14(12-40)23-16(28)7-26(10-19(32)33)5-3-25(9-18(30)31)4-6-27(11-20(34)35)8-17(29)24-15(13-41)22(37)39-2/h14-15,40-41H,3-13H2,1-2H3,(H,23,28)(H,24,29)(H,30,31)(H,32,33)(H,34,35). The normalized spacial score (nSPS) is 12.5. The van der Waals surface area contributed by atoms with Crippen molar-refractivity contribution in [2.75, 3.05) is 84.6 Å². The number of rotatable bonds is 22. The van der Waals surface area contributed by atoms with Gasteiger partial charge < -0.3 is 35.4 Å². The van der Waals surface area contributed by atoms with Crippen LogP contribution in [0.3, 0.4) is 0 Å². The number of methoxy groups -OCH3 is 2. The van der Waals surface area contributed by atoms with E-state index in [1.165, 1.54) is 14.7 Å². The van der Waals surface area contributed by atoms with Crippen LogP contribution in [0.15, 0.2) is 0 Å². The van der Waals surface area contributed by atoms with Gasteiger partial charge in [-0.3, -0.25) is 38.7 Å². The summed E-state index contributed by atoms with van der Waals surface area (Å²) in [4.78, 5) is 86.0. The van der Waals surface area contributed by atoms with Crippen LogP contribution < -0.4 is 10.6 Å². The van der Waals surface area contributed by atoms with Crippen LogP contribution in [0, 0.1) is 0 Å². The molecule has 2 atom stereocenters. The molecular formula is C22H37N5O12S2. The van der Waals surface area contributed by atoms with E-state index in [1.54, 1.807) is 0 Å². The summed E-state index contributed by atoms with van der Waals surface area (Å²) in [6.45, 7) is -2.79. The number of esters is 2. The molecule has 0 fully saturated rings. The smallest absolute Gasteiger partial charge is 0.329 e. The first kappa shape index (κ1) is 37.9. The van der Waals surface area contributed by atoms with Gasteiger partial charge in [0.05, 0.1) is 46.9 Å². The highest BCUT2D eigenvalue weighted by Gasteiger charge is 2.24. The molecule has 0 aromatic heterocycles. The van der Waals surface area contributed by atoms with Gasteiger partial charge in [0.25, 0.3) is 0 Å². The van der Waals surface area contributed by atoms with E-state index in [-0.39, 0.29) is 37.7 Å². The van der Waals surface area contributed by atoms with E-state index in [2.05, 4.69) is 45.4 Å². The molecule has 234 valence electrons. The van der Waals surface area contributed by atoms with Crippen LogP contribution in [0.4, 0.5) is 0 Å². The number of aliphatic carboxylic acids is 3. The van der Waals surface area contributed by atoms with Gasteiger partial charge in [-0.1, -0.05) is 0 Å². The predicted molar refractivity (Wildman–Crippen MR) is 148 cm³/mol. The zero-order valence-corrected chi connectivity index (χ0v) is 24.5. The highest BCUT2D eigenvalue weighted by atomic mass is 32.1. The van der Waals surface area contributed by atoms with E-state index >= 15 is 0 Å². The van der Waals surface area contributed by atoms with Crippen LogP contribution in [0.1, 0.15) is 0 Å². The zero-order chi connectivity index (χ0) is 31.5. The first-order valence-corrected chi connectivity index (χ1v) is 13.3. The van der Waals surface area contributed by atoms with Gasteiger partial charge in [0.1, 0.15) is 12.1 Å².